The van der Waals surface area contributed by atoms with Crippen molar-refractivity contribution in [2.24, 2.45) is 5.84 Å². The van der Waals surface area contributed by atoms with Crippen molar-refractivity contribution in [3.63, 3.8) is 0 Å². The Morgan fingerprint density at radius 3 is 2.82 bits per heavy atom. The molecule has 0 aliphatic rings. The average Bonchev–Trinajstić information content (AvgIpc) is 2.73. The van der Waals surface area contributed by atoms with Crippen molar-refractivity contribution < 1.29 is 4.39 Å². The predicted octanol–water partition coefficient (Wildman–Crippen LogP) is 2.34. The number of hydrogen-bond acceptors (Lipinski definition) is 4. The molecule has 1 atom stereocenters. The Balaban J connectivity index is 2.20. The average molecular weight is 251 g/mol. The summed E-state index contributed by atoms with van der Waals surface area (Å²) in [5, 5.41) is 2.98. The molecule has 0 bridgehead atoms. The summed E-state index contributed by atoms with van der Waals surface area (Å²) in [4.78, 5) is 4.35. The molecule has 5 heteroatoms. The van der Waals surface area contributed by atoms with Crippen LogP contribution in [-0.4, -0.2) is 4.98 Å². The summed E-state index contributed by atoms with van der Waals surface area (Å²) in [5.74, 6) is 5.24. The second kappa shape index (κ2) is 5.35. The van der Waals surface area contributed by atoms with Gasteiger partial charge in [-0.2, -0.15) is 0 Å². The number of thiazole rings is 1. The summed E-state index contributed by atoms with van der Waals surface area (Å²) < 4.78 is 13.6. The lowest BCUT2D eigenvalue weighted by atomic mass is 10.0. The maximum absolute atomic E-state index is 13.6. The molecule has 1 aromatic carbocycles. The number of hydrogen-bond donors (Lipinski definition) is 2. The van der Waals surface area contributed by atoms with Gasteiger partial charge in [0.2, 0.25) is 0 Å². The van der Waals surface area contributed by atoms with Crippen LogP contribution in [0.5, 0.6) is 0 Å². The number of halogens is 1. The highest BCUT2D eigenvalue weighted by Crippen LogP contribution is 2.21. The molecule has 17 heavy (non-hydrogen) atoms. The molecule has 0 fully saturated rings. The third-order valence-electron chi connectivity index (χ3n) is 2.56. The van der Waals surface area contributed by atoms with E-state index in [1.165, 1.54) is 6.07 Å². The van der Waals surface area contributed by atoms with Crippen LogP contribution in [0.15, 0.2) is 29.6 Å². The maximum Gasteiger partial charge on any atom is 0.128 e. The molecule has 0 aliphatic heterocycles. The smallest absolute Gasteiger partial charge is 0.128 e. The summed E-state index contributed by atoms with van der Waals surface area (Å²) in [6, 6.07) is 6.39. The lowest BCUT2D eigenvalue weighted by molar-refractivity contribution is 0.507. The first-order valence-corrected chi connectivity index (χ1v) is 6.20. The van der Waals surface area contributed by atoms with Crippen LogP contribution in [0, 0.1) is 12.7 Å². The Morgan fingerprint density at radius 2 is 2.24 bits per heavy atom. The van der Waals surface area contributed by atoms with Gasteiger partial charge in [-0.15, -0.1) is 11.3 Å². The molecular weight excluding hydrogens is 237 g/mol. The van der Waals surface area contributed by atoms with Crippen LogP contribution in [0.2, 0.25) is 0 Å². The Morgan fingerprint density at radius 1 is 1.47 bits per heavy atom. The van der Waals surface area contributed by atoms with Gasteiger partial charge >= 0.3 is 0 Å². The summed E-state index contributed by atoms with van der Waals surface area (Å²) >= 11 is 1.58. The van der Waals surface area contributed by atoms with Gasteiger partial charge < -0.3 is 0 Å². The lowest BCUT2D eigenvalue weighted by Gasteiger charge is -2.15. The highest BCUT2D eigenvalue weighted by Gasteiger charge is 2.15. The van der Waals surface area contributed by atoms with Crippen LogP contribution in [0.4, 0.5) is 4.39 Å². The third-order valence-corrected chi connectivity index (χ3v) is 3.38. The van der Waals surface area contributed by atoms with E-state index in [-0.39, 0.29) is 11.9 Å². The standard InChI is InChI=1S/C12H14FN3S/c1-8-15-9(7-17-8)6-12(16-14)10-4-2-3-5-11(10)13/h2-5,7,12,16H,6,14H2,1H3. The van der Waals surface area contributed by atoms with Crippen molar-refractivity contribution in [3.05, 3.63) is 51.7 Å². The monoisotopic (exact) mass is 251 g/mol. The number of nitrogens with one attached hydrogen (secondary N) is 1. The van der Waals surface area contributed by atoms with Gasteiger partial charge in [0.25, 0.3) is 0 Å². The second-order valence-corrected chi connectivity index (χ2v) is 4.86. The van der Waals surface area contributed by atoms with Gasteiger partial charge in [-0.25, -0.2) is 9.37 Å². The van der Waals surface area contributed by atoms with Gasteiger partial charge in [0.05, 0.1) is 16.7 Å². The minimum Gasteiger partial charge on any atom is -0.271 e. The molecule has 0 amide bonds. The van der Waals surface area contributed by atoms with Crippen LogP contribution >= 0.6 is 11.3 Å². The van der Waals surface area contributed by atoms with Crippen molar-refractivity contribution in [1.82, 2.24) is 10.4 Å². The molecule has 0 spiro atoms. The van der Waals surface area contributed by atoms with Crippen molar-refractivity contribution in [2.75, 3.05) is 0 Å². The van der Waals surface area contributed by atoms with Crippen molar-refractivity contribution >= 4 is 11.3 Å². The number of rotatable bonds is 4. The summed E-state index contributed by atoms with van der Waals surface area (Å²) in [6.45, 7) is 1.95. The number of nitrogens with zero attached hydrogens (tertiary/aromatic N) is 1. The van der Waals surface area contributed by atoms with E-state index >= 15 is 0 Å². The Hall–Kier alpha value is -1.30. The molecule has 2 rings (SSSR count). The van der Waals surface area contributed by atoms with E-state index in [1.54, 1.807) is 29.5 Å². The van der Waals surface area contributed by atoms with Gasteiger partial charge in [-0.05, 0) is 13.0 Å². The molecule has 0 aliphatic carbocycles. The van der Waals surface area contributed by atoms with Crippen LogP contribution in [-0.2, 0) is 6.42 Å². The normalized spacial score (nSPS) is 12.6. The Kier molecular flexibility index (Phi) is 3.83. The van der Waals surface area contributed by atoms with E-state index in [9.17, 15) is 4.39 Å². The van der Waals surface area contributed by atoms with E-state index < -0.39 is 0 Å². The molecular formula is C12H14FN3S. The van der Waals surface area contributed by atoms with Gasteiger partial charge in [0, 0.05) is 17.4 Å². The van der Waals surface area contributed by atoms with E-state index in [2.05, 4.69) is 10.4 Å². The molecule has 3 nitrogen and oxygen atoms in total. The maximum atomic E-state index is 13.6. The van der Waals surface area contributed by atoms with Crippen molar-refractivity contribution in [2.45, 2.75) is 19.4 Å². The van der Waals surface area contributed by atoms with Crippen molar-refractivity contribution in [1.29, 1.82) is 0 Å². The number of benzene rings is 1. The first kappa shape index (κ1) is 12.2. The van der Waals surface area contributed by atoms with E-state index in [0.717, 1.165) is 10.7 Å². The fraction of sp³-hybridized carbons (Fsp3) is 0.250. The topological polar surface area (TPSA) is 50.9 Å². The number of aromatic nitrogens is 1. The van der Waals surface area contributed by atoms with Crippen LogP contribution in [0.3, 0.4) is 0 Å². The van der Waals surface area contributed by atoms with Gasteiger partial charge in [0.15, 0.2) is 0 Å². The van der Waals surface area contributed by atoms with Gasteiger partial charge in [-0.3, -0.25) is 11.3 Å². The highest BCUT2D eigenvalue weighted by molar-refractivity contribution is 7.09. The molecule has 0 radical (unpaired) electrons. The van der Waals surface area contributed by atoms with Gasteiger partial charge in [-0.1, -0.05) is 18.2 Å². The lowest BCUT2D eigenvalue weighted by Crippen LogP contribution is -2.30. The van der Waals surface area contributed by atoms with E-state index in [1.807, 2.05) is 12.3 Å². The SMILES string of the molecule is Cc1nc(CC(NN)c2ccccc2F)cs1. The Labute approximate surface area is 103 Å². The minimum absolute atomic E-state index is 0.248. The first-order chi connectivity index (χ1) is 8.20. The minimum atomic E-state index is -0.252. The Bertz CT molecular complexity index is 498. The predicted molar refractivity (Wildman–Crippen MR) is 67.0 cm³/mol. The largest absolute Gasteiger partial charge is 0.271 e. The molecule has 1 heterocycles. The molecule has 1 aromatic heterocycles. The summed E-state index contributed by atoms with van der Waals surface area (Å²) in [6.07, 6.45) is 0.585. The third kappa shape index (κ3) is 2.88. The number of aryl methyl sites for hydroxylation is 1. The fourth-order valence-electron chi connectivity index (χ4n) is 1.73. The molecule has 1 unspecified atom stereocenters. The molecule has 3 N–H and O–H groups in total. The molecule has 90 valence electrons. The van der Waals surface area contributed by atoms with E-state index in [4.69, 9.17) is 5.84 Å². The summed E-state index contributed by atoms with van der Waals surface area (Å²) in [5.41, 5.74) is 4.14. The highest BCUT2D eigenvalue weighted by atomic mass is 32.1. The van der Waals surface area contributed by atoms with Crippen molar-refractivity contribution in [3.8, 4) is 0 Å². The van der Waals surface area contributed by atoms with Crippen LogP contribution in [0.1, 0.15) is 22.3 Å². The summed E-state index contributed by atoms with van der Waals surface area (Å²) in [7, 11) is 0. The molecule has 2 aromatic rings. The number of hydrazine groups is 1. The van der Waals surface area contributed by atoms with Crippen LogP contribution in [0.25, 0.3) is 0 Å². The fourth-order valence-corrected chi connectivity index (χ4v) is 2.35. The van der Waals surface area contributed by atoms with Gasteiger partial charge in [0.1, 0.15) is 5.82 Å². The zero-order chi connectivity index (χ0) is 12.3. The molecule has 0 saturated carbocycles. The van der Waals surface area contributed by atoms with Crippen LogP contribution < -0.4 is 11.3 Å². The first-order valence-electron chi connectivity index (χ1n) is 5.32. The second-order valence-electron chi connectivity index (χ2n) is 3.80. The zero-order valence-corrected chi connectivity index (χ0v) is 10.3. The van der Waals surface area contributed by atoms with E-state index in [0.29, 0.717) is 12.0 Å². The quantitative estimate of drug-likeness (QED) is 0.648. The molecule has 0 saturated heterocycles. The zero-order valence-electron chi connectivity index (χ0n) is 9.48. The number of nitrogens with two attached hydrogens (primary N) is 1.